The predicted octanol–water partition coefficient (Wildman–Crippen LogP) is 1.11. The minimum Gasteiger partial charge on any atom is -0.377 e. The van der Waals surface area contributed by atoms with Gasteiger partial charge in [0.15, 0.2) is 0 Å². The highest BCUT2D eigenvalue weighted by molar-refractivity contribution is 5.18. The predicted molar refractivity (Wildman–Crippen MR) is 110 cm³/mol. The third-order valence-electron chi connectivity index (χ3n) is 7.12. The topological polar surface area (TPSA) is 60.6 Å². The maximum atomic E-state index is 16.0. The average Bonchev–Trinajstić information content (AvgIpc) is 3.09. The molecular formula is C21H37F2N5O. The van der Waals surface area contributed by atoms with Crippen molar-refractivity contribution in [1.82, 2.24) is 26.2 Å². The Kier molecular flexibility index (Phi) is 6.46. The molecule has 0 amide bonds. The maximum absolute atomic E-state index is 16.0. The molecule has 0 radical (unpaired) electrons. The van der Waals surface area contributed by atoms with Gasteiger partial charge < -0.3 is 15.0 Å². The van der Waals surface area contributed by atoms with Crippen molar-refractivity contribution < 1.29 is 14.9 Å². The van der Waals surface area contributed by atoms with Crippen LogP contribution in [0, 0.1) is 11.8 Å². The molecule has 6 nitrogen and oxygen atoms in total. The third kappa shape index (κ3) is 4.52. The number of likely N-dealkylation sites (N-methyl/N-ethyl adjacent to an activating group) is 1. The lowest BCUT2D eigenvalue weighted by Crippen LogP contribution is -2.73. The van der Waals surface area contributed by atoms with E-state index in [1.54, 1.807) is 7.05 Å². The van der Waals surface area contributed by atoms with Crippen LogP contribution < -0.4 is 21.3 Å². The summed E-state index contributed by atoms with van der Waals surface area (Å²) in [5, 5.41) is 12.6. The average molecular weight is 415 g/mol. The molecule has 0 bridgehead atoms. The van der Waals surface area contributed by atoms with Crippen LogP contribution in [0.1, 0.15) is 34.0 Å². The lowest BCUT2D eigenvalue weighted by Gasteiger charge is -2.45. The minimum atomic E-state index is -1.22. The molecule has 0 aromatic heterocycles. The number of hydrogen-bond donors (Lipinski definition) is 4. The first-order chi connectivity index (χ1) is 14.5. The Labute approximate surface area is 174 Å². The van der Waals surface area contributed by atoms with Crippen LogP contribution in [0.15, 0.2) is 11.6 Å². The Balaban J connectivity index is 1.49. The van der Waals surface area contributed by atoms with Gasteiger partial charge in [-0.3, -0.25) is 16.0 Å². The van der Waals surface area contributed by atoms with Crippen LogP contribution in [0.4, 0.5) is 8.78 Å². The molecule has 3 heterocycles. The summed E-state index contributed by atoms with van der Waals surface area (Å²) >= 11 is 0. The first-order valence-electron chi connectivity index (χ1n) is 11.7. The van der Waals surface area contributed by atoms with E-state index < -0.39 is 30.8 Å². The molecule has 2 saturated heterocycles. The Hall–Kier alpha value is -0.640. The molecule has 29 heavy (non-hydrogen) atoms. The Bertz CT molecular complexity index is 600. The second-order valence-corrected chi connectivity index (χ2v) is 9.09. The standard InChI is InChI=1S/C21H37F2N5O/c1-12-17(22)20(24-2)27-21(25-12)26-15-11-14-7-10-29-19(14)16(18(15)23)13-5-4-8-28(3)9-6-13/h6,12,14-21,24-27H,4-5,7-11H2,1-3H3/i1D. The molecule has 166 valence electrons. The molecular weight excluding hydrogens is 376 g/mol. The largest absolute Gasteiger partial charge is 0.377 e. The van der Waals surface area contributed by atoms with E-state index in [-0.39, 0.29) is 25.0 Å². The maximum Gasteiger partial charge on any atom is 0.143 e. The highest BCUT2D eigenvalue weighted by Gasteiger charge is 2.50. The van der Waals surface area contributed by atoms with Crippen LogP contribution in [-0.4, -0.2) is 81.7 Å². The Morgan fingerprint density at radius 2 is 2.17 bits per heavy atom. The summed E-state index contributed by atoms with van der Waals surface area (Å²) in [6.07, 6.45) is 2.52. The van der Waals surface area contributed by atoms with Gasteiger partial charge in [0.25, 0.3) is 0 Å². The number of nitrogens with one attached hydrogen (secondary N) is 4. The van der Waals surface area contributed by atoms with Crippen LogP contribution in [0.25, 0.3) is 0 Å². The van der Waals surface area contributed by atoms with Gasteiger partial charge in [0.05, 0.1) is 12.3 Å². The van der Waals surface area contributed by atoms with Gasteiger partial charge >= 0.3 is 0 Å². The molecule has 3 aliphatic heterocycles. The van der Waals surface area contributed by atoms with E-state index in [1.807, 2.05) is 0 Å². The van der Waals surface area contributed by atoms with Crippen molar-refractivity contribution in [2.75, 3.05) is 33.8 Å². The number of rotatable bonds is 4. The van der Waals surface area contributed by atoms with Crippen molar-refractivity contribution in [2.45, 2.75) is 75.6 Å². The van der Waals surface area contributed by atoms with E-state index in [1.165, 1.54) is 5.57 Å². The summed E-state index contributed by atoms with van der Waals surface area (Å²) < 4.78 is 44.1. The molecule has 4 rings (SSSR count). The molecule has 9 unspecified atom stereocenters. The van der Waals surface area contributed by atoms with Gasteiger partial charge in [0.1, 0.15) is 18.6 Å². The number of ether oxygens (including phenoxy) is 1. The quantitative estimate of drug-likeness (QED) is 0.517. The van der Waals surface area contributed by atoms with E-state index in [2.05, 4.69) is 39.3 Å². The molecule has 3 fully saturated rings. The molecule has 1 saturated carbocycles. The number of halogens is 2. The van der Waals surface area contributed by atoms with Gasteiger partial charge in [-0.2, -0.15) is 0 Å². The van der Waals surface area contributed by atoms with Crippen LogP contribution in [0.5, 0.6) is 0 Å². The molecule has 1 aliphatic carbocycles. The van der Waals surface area contributed by atoms with Gasteiger partial charge in [0.2, 0.25) is 0 Å². The van der Waals surface area contributed by atoms with Crippen LogP contribution >= 0.6 is 0 Å². The van der Waals surface area contributed by atoms with Crippen molar-refractivity contribution in [3.05, 3.63) is 11.6 Å². The van der Waals surface area contributed by atoms with Crippen molar-refractivity contribution in [3.8, 4) is 0 Å². The van der Waals surface area contributed by atoms with Gasteiger partial charge in [-0.1, -0.05) is 11.6 Å². The zero-order valence-electron chi connectivity index (χ0n) is 18.5. The molecule has 0 aromatic carbocycles. The van der Waals surface area contributed by atoms with Gasteiger partial charge in [0, 0.05) is 32.5 Å². The third-order valence-corrected chi connectivity index (χ3v) is 7.12. The lowest BCUT2D eigenvalue weighted by atomic mass is 9.71. The van der Waals surface area contributed by atoms with Gasteiger partial charge in [-0.25, -0.2) is 8.78 Å². The van der Waals surface area contributed by atoms with E-state index >= 15 is 4.39 Å². The van der Waals surface area contributed by atoms with Crippen LogP contribution in [0.3, 0.4) is 0 Å². The fraction of sp³-hybridized carbons (Fsp3) is 0.905. The van der Waals surface area contributed by atoms with Gasteiger partial charge in [-0.15, -0.1) is 0 Å². The van der Waals surface area contributed by atoms with E-state index in [9.17, 15) is 4.39 Å². The normalized spacial score (nSPS) is 47.2. The van der Waals surface area contributed by atoms with Crippen molar-refractivity contribution in [2.24, 2.45) is 11.8 Å². The van der Waals surface area contributed by atoms with E-state index in [0.29, 0.717) is 18.9 Å². The second-order valence-electron chi connectivity index (χ2n) is 9.09. The smallest absolute Gasteiger partial charge is 0.143 e. The zero-order valence-corrected chi connectivity index (χ0v) is 17.5. The highest BCUT2D eigenvalue weighted by atomic mass is 19.1. The monoisotopic (exact) mass is 414 g/mol. The molecule has 4 aliphatic rings. The van der Waals surface area contributed by atoms with Crippen LogP contribution in [0.2, 0.25) is 0 Å². The van der Waals surface area contributed by atoms with Gasteiger partial charge in [-0.05, 0) is 59.1 Å². The molecule has 0 spiro atoms. The molecule has 9 atom stereocenters. The van der Waals surface area contributed by atoms with E-state index in [0.717, 1.165) is 32.4 Å². The van der Waals surface area contributed by atoms with Crippen molar-refractivity contribution >= 4 is 0 Å². The number of hydrogen-bond acceptors (Lipinski definition) is 6. The highest BCUT2D eigenvalue weighted by Crippen LogP contribution is 2.44. The molecule has 0 aromatic rings. The lowest BCUT2D eigenvalue weighted by molar-refractivity contribution is -0.0282. The summed E-state index contributed by atoms with van der Waals surface area (Å²) in [5.41, 5.74) is 1.20. The Morgan fingerprint density at radius 1 is 1.31 bits per heavy atom. The first-order valence-corrected chi connectivity index (χ1v) is 11.0. The minimum absolute atomic E-state index is 0.0405. The SMILES string of the molecule is [2H]CC1NC(NC2CC3CCOC3C(C3=CCN(C)CCC3)C2F)NC(NC)C1F. The fourth-order valence-corrected chi connectivity index (χ4v) is 5.50. The first kappa shape index (κ1) is 20.3. The zero-order chi connectivity index (χ0) is 21.3. The molecule has 8 heteroatoms. The summed E-state index contributed by atoms with van der Waals surface area (Å²) in [7, 11) is 3.80. The van der Waals surface area contributed by atoms with Crippen molar-refractivity contribution in [3.63, 3.8) is 0 Å². The van der Waals surface area contributed by atoms with E-state index in [4.69, 9.17) is 6.11 Å². The Morgan fingerprint density at radius 3 is 2.97 bits per heavy atom. The second kappa shape index (κ2) is 9.24. The summed E-state index contributed by atoms with van der Waals surface area (Å²) in [4.78, 5) is 2.27. The fourth-order valence-electron chi connectivity index (χ4n) is 5.50. The summed E-state index contributed by atoms with van der Waals surface area (Å²) in [6, 6.07) is -0.939. The number of fused-ring (bicyclic) bond motifs is 1. The van der Waals surface area contributed by atoms with Crippen LogP contribution in [-0.2, 0) is 4.74 Å². The number of alkyl halides is 2. The summed E-state index contributed by atoms with van der Waals surface area (Å²) in [5.74, 6) is 0.116. The summed E-state index contributed by atoms with van der Waals surface area (Å²) in [6.45, 7) is 2.52. The number of nitrogens with zero attached hydrogens (tertiary/aromatic N) is 1. The molecule has 4 N–H and O–H groups in total. The van der Waals surface area contributed by atoms with Crippen molar-refractivity contribution in [1.29, 1.82) is 0 Å².